The number of carbonyl (C=O) groups is 2. The Morgan fingerprint density at radius 3 is 2.65 bits per heavy atom. The van der Waals surface area contributed by atoms with Crippen molar-refractivity contribution in [1.82, 2.24) is 0 Å². The average molecular weight is 623 g/mol. The first-order valence-corrected chi connectivity index (χ1v) is 12.0. The molecule has 0 aromatic heterocycles. The Balaban J connectivity index is 1.87. The van der Waals surface area contributed by atoms with E-state index < -0.39 is 23.6 Å². The zero-order valence-corrected chi connectivity index (χ0v) is 21.6. The Hall–Kier alpha value is -2.32. The molecule has 1 heterocycles. The number of anilines is 1. The Bertz CT molecular complexity index is 1170. The molecule has 1 aliphatic rings. The third-order valence-electron chi connectivity index (χ3n) is 4.41. The topological polar surface area (TPSA) is 65.1 Å². The van der Waals surface area contributed by atoms with Crippen molar-refractivity contribution in [3.63, 3.8) is 0 Å². The van der Waals surface area contributed by atoms with Gasteiger partial charge in [0.25, 0.3) is 5.91 Å². The summed E-state index contributed by atoms with van der Waals surface area (Å²) in [5.74, 6) is -0.394. The van der Waals surface area contributed by atoms with Crippen LogP contribution in [0.2, 0.25) is 0 Å². The van der Waals surface area contributed by atoms with Crippen LogP contribution in [0.1, 0.15) is 18.1 Å². The fourth-order valence-electron chi connectivity index (χ4n) is 2.96. The highest BCUT2D eigenvalue weighted by atomic mass is 127. The summed E-state index contributed by atoms with van der Waals surface area (Å²) in [4.78, 5) is 25.9. The summed E-state index contributed by atoms with van der Waals surface area (Å²) in [6, 6.07) is 7.75. The Labute approximate surface area is 216 Å². The molecular weight excluding hydrogens is 606 g/mol. The molecule has 180 valence electrons. The van der Waals surface area contributed by atoms with E-state index in [-0.39, 0.29) is 28.1 Å². The van der Waals surface area contributed by atoms with Crippen LogP contribution >= 0.6 is 46.6 Å². The van der Waals surface area contributed by atoms with Crippen molar-refractivity contribution in [1.29, 1.82) is 0 Å². The van der Waals surface area contributed by atoms with Gasteiger partial charge in [0.15, 0.2) is 22.4 Å². The molecule has 0 spiro atoms. The van der Waals surface area contributed by atoms with Crippen molar-refractivity contribution in [3.05, 3.63) is 56.0 Å². The molecule has 0 saturated carbocycles. The molecule has 34 heavy (non-hydrogen) atoms. The number of alkyl halides is 3. The molecule has 1 saturated heterocycles. The van der Waals surface area contributed by atoms with E-state index in [1.54, 1.807) is 25.1 Å². The van der Waals surface area contributed by atoms with Crippen LogP contribution in [0, 0.1) is 3.57 Å². The third-order valence-corrected chi connectivity index (χ3v) is 6.52. The number of ether oxygens (including phenoxy) is 3. The van der Waals surface area contributed by atoms with Crippen LogP contribution < -0.4 is 14.4 Å². The molecule has 3 rings (SSSR count). The molecule has 0 aliphatic carbocycles. The number of esters is 1. The van der Waals surface area contributed by atoms with Gasteiger partial charge in [0.1, 0.15) is 0 Å². The molecule has 0 atom stereocenters. The van der Waals surface area contributed by atoms with E-state index in [2.05, 4.69) is 0 Å². The fourth-order valence-corrected chi connectivity index (χ4v) is 5.04. The number of hydrogen-bond acceptors (Lipinski definition) is 7. The van der Waals surface area contributed by atoms with Gasteiger partial charge >= 0.3 is 12.1 Å². The zero-order chi connectivity index (χ0) is 25.0. The molecule has 0 bridgehead atoms. The van der Waals surface area contributed by atoms with Gasteiger partial charge < -0.3 is 14.2 Å². The first-order valence-electron chi connectivity index (χ1n) is 9.66. The van der Waals surface area contributed by atoms with Gasteiger partial charge in [-0.2, -0.15) is 13.2 Å². The second kappa shape index (κ2) is 11.0. The van der Waals surface area contributed by atoms with Gasteiger partial charge in [0.2, 0.25) is 0 Å². The summed E-state index contributed by atoms with van der Waals surface area (Å²) < 4.78 is 55.7. The summed E-state index contributed by atoms with van der Waals surface area (Å²) in [5.41, 5.74) is -0.259. The average Bonchev–Trinajstić information content (AvgIpc) is 3.05. The van der Waals surface area contributed by atoms with E-state index in [4.69, 9.17) is 26.4 Å². The van der Waals surface area contributed by atoms with Crippen LogP contribution in [0.3, 0.4) is 0 Å². The van der Waals surface area contributed by atoms with Gasteiger partial charge in [-0.15, -0.1) is 0 Å². The molecular formula is C22H17F3INO5S2. The number of methoxy groups -OCH3 is 1. The fraction of sp³-hybridized carbons (Fsp3) is 0.227. The van der Waals surface area contributed by atoms with E-state index in [0.717, 1.165) is 28.8 Å². The minimum absolute atomic E-state index is 0.0376. The van der Waals surface area contributed by atoms with Crippen molar-refractivity contribution in [2.45, 2.75) is 13.1 Å². The predicted octanol–water partition coefficient (Wildman–Crippen LogP) is 5.67. The molecule has 2 aromatic rings. The molecule has 1 fully saturated rings. The Morgan fingerprint density at radius 2 is 2.00 bits per heavy atom. The lowest BCUT2D eigenvalue weighted by atomic mass is 10.1. The smallest absolute Gasteiger partial charge is 0.416 e. The molecule has 2 aromatic carbocycles. The van der Waals surface area contributed by atoms with E-state index in [9.17, 15) is 22.8 Å². The van der Waals surface area contributed by atoms with Crippen LogP contribution in [0.5, 0.6) is 11.5 Å². The Kier molecular flexibility index (Phi) is 8.47. The molecule has 0 N–H and O–H groups in total. The number of halogens is 4. The number of hydrogen-bond donors (Lipinski definition) is 0. The lowest BCUT2D eigenvalue weighted by molar-refractivity contribution is -0.145. The quantitative estimate of drug-likeness (QED) is 0.171. The van der Waals surface area contributed by atoms with Crippen LogP contribution in [0.4, 0.5) is 18.9 Å². The number of nitrogens with zero attached hydrogens (tertiary/aromatic N) is 1. The van der Waals surface area contributed by atoms with Crippen molar-refractivity contribution < 1.29 is 37.0 Å². The van der Waals surface area contributed by atoms with Crippen LogP contribution in [-0.2, 0) is 20.5 Å². The summed E-state index contributed by atoms with van der Waals surface area (Å²) in [7, 11) is 1.43. The number of thioether (sulfide) groups is 1. The predicted molar refractivity (Wildman–Crippen MR) is 135 cm³/mol. The summed E-state index contributed by atoms with van der Waals surface area (Å²) in [5, 5.41) is 0. The van der Waals surface area contributed by atoms with Crippen molar-refractivity contribution in [3.8, 4) is 11.5 Å². The molecule has 12 heteroatoms. The lowest BCUT2D eigenvalue weighted by Gasteiger charge is -2.16. The lowest BCUT2D eigenvalue weighted by Crippen LogP contribution is -2.27. The van der Waals surface area contributed by atoms with Crippen molar-refractivity contribution in [2.75, 3.05) is 25.2 Å². The SMILES string of the molecule is CCOC(=O)COc1c(I)cc(/C=C2\SC(=S)N(c3cccc(C(F)(F)F)c3)C2=O)cc1OC. The third kappa shape index (κ3) is 6.02. The van der Waals surface area contributed by atoms with Crippen LogP contribution in [0.15, 0.2) is 41.3 Å². The second-order valence-electron chi connectivity index (χ2n) is 6.69. The molecule has 1 amide bonds. The van der Waals surface area contributed by atoms with Crippen molar-refractivity contribution in [2.24, 2.45) is 0 Å². The van der Waals surface area contributed by atoms with Gasteiger partial charge in [0.05, 0.1) is 33.4 Å². The minimum Gasteiger partial charge on any atom is -0.493 e. The molecule has 6 nitrogen and oxygen atoms in total. The van der Waals surface area contributed by atoms with Crippen LogP contribution in [0.25, 0.3) is 6.08 Å². The Morgan fingerprint density at radius 1 is 1.26 bits per heavy atom. The number of rotatable bonds is 7. The maximum absolute atomic E-state index is 13.1. The van der Waals surface area contributed by atoms with Crippen molar-refractivity contribution >= 4 is 74.5 Å². The van der Waals surface area contributed by atoms with Gasteiger partial charge in [-0.25, -0.2) is 4.79 Å². The van der Waals surface area contributed by atoms with Gasteiger partial charge in [-0.05, 0) is 71.5 Å². The van der Waals surface area contributed by atoms with Gasteiger partial charge in [-0.1, -0.05) is 30.0 Å². The summed E-state index contributed by atoms with van der Waals surface area (Å²) >= 11 is 8.24. The van der Waals surface area contributed by atoms with Crippen LogP contribution in [-0.4, -0.2) is 36.5 Å². The molecule has 1 aliphatic heterocycles. The monoisotopic (exact) mass is 623 g/mol. The highest BCUT2D eigenvalue weighted by molar-refractivity contribution is 14.1. The van der Waals surface area contributed by atoms with E-state index in [1.165, 1.54) is 19.2 Å². The normalized spacial score (nSPS) is 15.1. The number of carbonyl (C=O) groups excluding carboxylic acids is 2. The zero-order valence-electron chi connectivity index (χ0n) is 17.8. The summed E-state index contributed by atoms with van der Waals surface area (Å²) in [6.45, 7) is 1.62. The second-order valence-corrected chi connectivity index (χ2v) is 9.53. The minimum atomic E-state index is -4.55. The van der Waals surface area contributed by atoms with Gasteiger partial charge in [0, 0.05) is 0 Å². The maximum atomic E-state index is 13.1. The summed E-state index contributed by atoms with van der Waals surface area (Å²) in [6.07, 6.45) is -2.98. The molecule has 0 unspecified atom stereocenters. The molecule has 0 radical (unpaired) electrons. The standard InChI is InChI=1S/C22H17F3INO5S2/c1-3-31-18(28)11-32-19-15(26)7-12(8-16(19)30-2)9-17-20(29)27(21(33)34-17)14-6-4-5-13(10-14)22(23,24)25/h4-10H,3,11H2,1-2H3/b17-9-. The van der Waals surface area contributed by atoms with E-state index in [1.807, 2.05) is 22.6 Å². The largest absolute Gasteiger partial charge is 0.493 e. The van der Waals surface area contributed by atoms with E-state index >= 15 is 0 Å². The van der Waals surface area contributed by atoms with E-state index in [0.29, 0.717) is 20.6 Å². The highest BCUT2D eigenvalue weighted by Gasteiger charge is 2.36. The first kappa shape index (κ1) is 26.3. The number of thiocarbonyl (C=S) groups is 1. The first-order chi connectivity index (χ1) is 16.0. The maximum Gasteiger partial charge on any atom is 0.416 e. The number of benzene rings is 2. The van der Waals surface area contributed by atoms with Gasteiger partial charge in [-0.3, -0.25) is 9.69 Å². The highest BCUT2D eigenvalue weighted by Crippen LogP contribution is 2.40. The number of amides is 1.